The number of aliphatic hydroxyl groups excluding tert-OH is 1. The van der Waals surface area contributed by atoms with Gasteiger partial charge in [-0.25, -0.2) is 0 Å². The van der Waals surface area contributed by atoms with Gasteiger partial charge in [0.25, 0.3) is 5.91 Å². The molecule has 1 saturated carbocycles. The number of aliphatic hydroxyl groups is 1. The molecule has 3 aromatic rings. The summed E-state index contributed by atoms with van der Waals surface area (Å²) >= 11 is 0.944. The van der Waals surface area contributed by atoms with E-state index < -0.39 is 0 Å². The van der Waals surface area contributed by atoms with E-state index in [0.717, 1.165) is 24.2 Å². The average Bonchev–Trinajstić information content (AvgIpc) is 3.32. The highest BCUT2D eigenvalue weighted by atomic mass is 32.1. The highest BCUT2D eigenvalue weighted by Gasteiger charge is 2.32. The lowest BCUT2D eigenvalue weighted by Gasteiger charge is -2.34. The Morgan fingerprint density at radius 1 is 1.35 bits per heavy atom. The predicted molar refractivity (Wildman–Crippen MR) is 87.7 cm³/mol. The highest BCUT2D eigenvalue weighted by molar-refractivity contribution is 7.13. The van der Waals surface area contributed by atoms with Crippen LogP contribution in [0, 0.1) is 11.0 Å². The quantitative estimate of drug-likeness (QED) is 0.675. The van der Waals surface area contributed by atoms with Crippen molar-refractivity contribution in [2.45, 2.75) is 31.9 Å². The maximum absolute atomic E-state index is 13.1. The van der Waals surface area contributed by atoms with Gasteiger partial charge in [-0.2, -0.15) is 4.39 Å². The molecule has 1 aliphatic rings. The zero-order valence-electron chi connectivity index (χ0n) is 13.5. The third kappa shape index (κ3) is 3.51. The summed E-state index contributed by atoms with van der Waals surface area (Å²) in [5.41, 5.74) is 0.437. The third-order valence-corrected chi connectivity index (χ3v) is 5.13. The second-order valence-electron chi connectivity index (χ2n) is 6.14. The second-order valence-corrected chi connectivity index (χ2v) is 7.17. The number of halogens is 1. The molecule has 0 bridgehead atoms. The Bertz CT molecular complexity index is 915. The summed E-state index contributed by atoms with van der Waals surface area (Å²) in [6, 6.07) is 4.48. The first kappa shape index (κ1) is 16.9. The van der Waals surface area contributed by atoms with Crippen LogP contribution in [-0.2, 0) is 13.0 Å². The fraction of sp³-hybridized carbons (Fsp3) is 0.375. The van der Waals surface area contributed by atoms with E-state index in [1.54, 1.807) is 6.07 Å². The van der Waals surface area contributed by atoms with Crippen molar-refractivity contribution in [1.29, 1.82) is 0 Å². The fourth-order valence-corrected chi connectivity index (χ4v) is 3.59. The summed E-state index contributed by atoms with van der Waals surface area (Å²) in [6.45, 7) is -0.270. The minimum absolute atomic E-state index is 0.0421. The van der Waals surface area contributed by atoms with Gasteiger partial charge in [-0.1, -0.05) is 5.16 Å². The largest absolute Gasteiger partial charge is 0.423 e. The topological polar surface area (TPSA) is 114 Å². The summed E-state index contributed by atoms with van der Waals surface area (Å²) in [5, 5.41) is 22.9. The lowest BCUT2D eigenvalue weighted by atomic mass is 9.78. The molecule has 0 saturated heterocycles. The van der Waals surface area contributed by atoms with Crippen molar-refractivity contribution in [3.8, 4) is 10.6 Å². The molecule has 3 aromatic heterocycles. The van der Waals surface area contributed by atoms with Gasteiger partial charge in [-0.15, -0.1) is 21.5 Å². The van der Waals surface area contributed by atoms with Crippen molar-refractivity contribution < 1.29 is 23.2 Å². The van der Waals surface area contributed by atoms with E-state index in [9.17, 15) is 9.18 Å². The molecule has 0 aromatic carbocycles. The molecular formula is C16H15FN4O4S. The van der Waals surface area contributed by atoms with E-state index >= 15 is 0 Å². The number of amides is 1. The Balaban J connectivity index is 1.28. The lowest BCUT2D eigenvalue weighted by Crippen LogP contribution is -2.44. The predicted octanol–water partition coefficient (Wildman–Crippen LogP) is 2.17. The molecule has 4 rings (SSSR count). The smallest absolute Gasteiger partial charge is 0.290 e. The second kappa shape index (κ2) is 6.96. The molecular weight excluding hydrogens is 363 g/mol. The zero-order valence-corrected chi connectivity index (χ0v) is 14.3. The molecule has 10 heteroatoms. The van der Waals surface area contributed by atoms with Crippen LogP contribution in [0.25, 0.3) is 10.6 Å². The van der Waals surface area contributed by atoms with Gasteiger partial charge in [0, 0.05) is 18.5 Å². The highest BCUT2D eigenvalue weighted by Crippen LogP contribution is 2.31. The Morgan fingerprint density at radius 2 is 2.15 bits per heavy atom. The molecule has 3 heterocycles. The number of thiophene rings is 1. The van der Waals surface area contributed by atoms with Gasteiger partial charge in [0.05, 0.1) is 4.88 Å². The van der Waals surface area contributed by atoms with Gasteiger partial charge in [0.15, 0.2) is 5.13 Å². The summed E-state index contributed by atoms with van der Waals surface area (Å²) in [4.78, 5) is 12.8. The number of hydrogen-bond acceptors (Lipinski definition) is 8. The maximum atomic E-state index is 13.1. The van der Waals surface area contributed by atoms with Crippen molar-refractivity contribution in [2.75, 3.05) is 0 Å². The van der Waals surface area contributed by atoms with Crippen LogP contribution in [0.4, 0.5) is 4.39 Å². The van der Waals surface area contributed by atoms with Crippen LogP contribution < -0.4 is 5.32 Å². The van der Waals surface area contributed by atoms with Crippen molar-refractivity contribution in [3.63, 3.8) is 0 Å². The molecule has 1 fully saturated rings. The van der Waals surface area contributed by atoms with E-state index in [0.29, 0.717) is 28.8 Å². The number of rotatable bonds is 6. The molecule has 1 amide bonds. The van der Waals surface area contributed by atoms with Gasteiger partial charge < -0.3 is 19.4 Å². The first-order chi connectivity index (χ1) is 12.6. The molecule has 26 heavy (non-hydrogen) atoms. The van der Waals surface area contributed by atoms with Crippen LogP contribution in [-0.4, -0.2) is 32.4 Å². The van der Waals surface area contributed by atoms with Gasteiger partial charge >= 0.3 is 0 Å². The number of carbonyl (C=O) groups excluding carboxylic acids is 1. The number of nitrogens with one attached hydrogen (secondary N) is 1. The average molecular weight is 378 g/mol. The fourth-order valence-electron chi connectivity index (χ4n) is 2.91. The molecule has 1 aliphatic carbocycles. The van der Waals surface area contributed by atoms with E-state index in [1.165, 1.54) is 12.1 Å². The number of nitrogens with zero attached hydrogens (tertiary/aromatic N) is 3. The molecule has 0 spiro atoms. The van der Waals surface area contributed by atoms with E-state index in [4.69, 9.17) is 14.0 Å². The van der Waals surface area contributed by atoms with Crippen molar-refractivity contribution in [3.05, 3.63) is 40.9 Å². The zero-order chi connectivity index (χ0) is 18.1. The summed E-state index contributed by atoms with van der Waals surface area (Å²) in [6.07, 6.45) is 2.20. The normalized spacial score (nSPS) is 19.3. The monoisotopic (exact) mass is 378 g/mol. The van der Waals surface area contributed by atoms with Gasteiger partial charge in [-0.05, 0) is 30.9 Å². The Labute approximate surface area is 151 Å². The van der Waals surface area contributed by atoms with Crippen LogP contribution in [0.1, 0.15) is 35.2 Å². The maximum Gasteiger partial charge on any atom is 0.290 e. The van der Waals surface area contributed by atoms with Crippen LogP contribution in [0.2, 0.25) is 0 Å². The molecule has 0 atom stereocenters. The number of carbonyl (C=O) groups is 1. The minimum Gasteiger partial charge on any atom is -0.423 e. The molecule has 8 nitrogen and oxygen atoms in total. The van der Waals surface area contributed by atoms with E-state index in [1.807, 2.05) is 0 Å². The van der Waals surface area contributed by atoms with Crippen LogP contribution in [0.3, 0.4) is 0 Å². The third-order valence-electron chi connectivity index (χ3n) is 4.24. The van der Waals surface area contributed by atoms with Crippen LogP contribution in [0.15, 0.2) is 27.1 Å². The van der Waals surface area contributed by atoms with Gasteiger partial charge in [0.1, 0.15) is 12.3 Å². The van der Waals surface area contributed by atoms with Crippen LogP contribution >= 0.6 is 11.3 Å². The Hall–Kier alpha value is -2.59. The van der Waals surface area contributed by atoms with E-state index in [2.05, 4.69) is 20.7 Å². The van der Waals surface area contributed by atoms with Crippen molar-refractivity contribution in [1.82, 2.24) is 20.7 Å². The molecule has 0 aliphatic heterocycles. The summed E-state index contributed by atoms with van der Waals surface area (Å²) < 4.78 is 23.4. The first-order valence-corrected chi connectivity index (χ1v) is 8.87. The van der Waals surface area contributed by atoms with Gasteiger partial charge in [-0.3, -0.25) is 4.79 Å². The molecule has 2 N–H and O–H groups in total. The molecule has 0 unspecified atom stereocenters. The van der Waals surface area contributed by atoms with E-state index in [-0.39, 0.29) is 35.3 Å². The molecule has 136 valence electrons. The summed E-state index contributed by atoms with van der Waals surface area (Å²) in [5.74, 6) is 0.792. The van der Waals surface area contributed by atoms with Crippen molar-refractivity contribution in [2.24, 2.45) is 5.92 Å². The standard InChI is InChI=1S/C16H15FN4O4S/c17-13-2-1-12(26-13)10-6-11(25-21-10)16(23)18-9-3-8(4-9)5-14-19-20-15(7-22)24-14/h1-2,6,8-9,22H,3-5,7H2,(H,18,23)/t8-,9+. The Morgan fingerprint density at radius 3 is 2.85 bits per heavy atom. The Kier molecular flexibility index (Phi) is 4.51. The first-order valence-electron chi connectivity index (χ1n) is 8.06. The van der Waals surface area contributed by atoms with Gasteiger partial charge in [0.2, 0.25) is 17.5 Å². The molecule has 0 radical (unpaired) electrons. The van der Waals surface area contributed by atoms with Crippen molar-refractivity contribution >= 4 is 17.2 Å². The van der Waals surface area contributed by atoms with Crippen LogP contribution in [0.5, 0.6) is 0 Å². The number of hydrogen-bond donors (Lipinski definition) is 2. The SMILES string of the molecule is O=C(N[C@H]1C[C@@H](Cc2nnc(CO)o2)C1)c1cc(-c2ccc(F)s2)no1. The lowest BCUT2D eigenvalue weighted by molar-refractivity contribution is 0.0849. The minimum atomic E-state index is -0.343. The number of aromatic nitrogens is 3. The summed E-state index contributed by atoms with van der Waals surface area (Å²) in [7, 11) is 0.